The Morgan fingerprint density at radius 2 is 1.83 bits per heavy atom. The SMILES string of the molecule is CCNc1nc(NC(C)C)nc(SC)n1.CCOC(=O)C(Cl)Cc1cc(-n2nc(C)n(C(F)F)c2=O)c(F)cc1Cl. The molecule has 3 rings (SSSR count). The van der Waals surface area contributed by atoms with Crippen LogP contribution in [0.4, 0.5) is 25.1 Å². The second kappa shape index (κ2) is 15.8. The number of ether oxygens (including phenoxy) is 1. The third-order valence-corrected chi connectivity index (χ3v) is 6.24. The summed E-state index contributed by atoms with van der Waals surface area (Å²) >= 11 is 13.4. The Bertz CT molecular complexity index is 1390. The van der Waals surface area contributed by atoms with E-state index in [1.165, 1.54) is 18.7 Å². The monoisotopic (exact) mass is 638 g/mol. The summed E-state index contributed by atoms with van der Waals surface area (Å²) in [6.45, 7) is 6.72. The van der Waals surface area contributed by atoms with E-state index >= 15 is 0 Å². The normalized spacial score (nSPS) is 11.7. The van der Waals surface area contributed by atoms with Crippen LogP contribution in [0.25, 0.3) is 5.69 Å². The number of carbonyl (C=O) groups is 1. The first-order valence-corrected chi connectivity index (χ1v) is 14.4. The van der Waals surface area contributed by atoms with Crippen LogP contribution in [-0.4, -0.2) is 66.1 Å². The van der Waals surface area contributed by atoms with Gasteiger partial charge in [-0.3, -0.25) is 4.79 Å². The van der Waals surface area contributed by atoms with E-state index in [1.54, 1.807) is 6.92 Å². The minimum atomic E-state index is -3.12. The lowest BCUT2D eigenvalue weighted by molar-refractivity contribution is -0.142. The van der Waals surface area contributed by atoms with E-state index in [0.29, 0.717) is 22.6 Å². The summed E-state index contributed by atoms with van der Waals surface area (Å²) in [6, 6.07) is 2.34. The van der Waals surface area contributed by atoms with Crippen LogP contribution in [0.2, 0.25) is 5.02 Å². The number of hydrogen-bond acceptors (Lipinski definition) is 10. The molecule has 0 aliphatic carbocycles. The number of thioether (sulfide) groups is 1. The number of nitrogens with one attached hydrogen (secondary N) is 2. The molecule has 0 aliphatic heterocycles. The zero-order chi connectivity index (χ0) is 30.9. The molecule has 0 fully saturated rings. The second-order valence-electron chi connectivity index (χ2n) is 8.51. The fourth-order valence-electron chi connectivity index (χ4n) is 3.27. The lowest BCUT2D eigenvalue weighted by Gasteiger charge is -2.12. The largest absolute Gasteiger partial charge is 0.465 e. The van der Waals surface area contributed by atoms with Gasteiger partial charge in [0.2, 0.25) is 11.9 Å². The molecule has 2 aromatic heterocycles. The number of rotatable bonds is 11. The van der Waals surface area contributed by atoms with Crippen molar-refractivity contribution in [1.29, 1.82) is 0 Å². The third-order valence-electron chi connectivity index (χ3n) is 5.01. The van der Waals surface area contributed by atoms with Crippen molar-refractivity contribution in [2.24, 2.45) is 0 Å². The van der Waals surface area contributed by atoms with Crippen LogP contribution in [-0.2, 0) is 16.0 Å². The molecule has 0 bridgehead atoms. The van der Waals surface area contributed by atoms with Gasteiger partial charge in [0.05, 0.1) is 6.61 Å². The third kappa shape index (κ3) is 9.50. The van der Waals surface area contributed by atoms with Crippen molar-refractivity contribution in [2.75, 3.05) is 30.0 Å². The average Bonchev–Trinajstić information content (AvgIpc) is 3.19. The number of aromatic nitrogens is 6. The van der Waals surface area contributed by atoms with Crippen LogP contribution in [0.3, 0.4) is 0 Å². The first kappa shape index (κ1) is 34.2. The highest BCUT2D eigenvalue weighted by atomic mass is 35.5. The number of carbonyl (C=O) groups excluding carboxylic acids is 1. The number of anilines is 2. The van der Waals surface area contributed by atoms with Crippen LogP contribution < -0.4 is 16.3 Å². The molecular formula is C24H31Cl2F3N8O3S. The quantitative estimate of drug-likeness (QED) is 0.166. The van der Waals surface area contributed by atoms with Crippen molar-refractivity contribution in [3.05, 3.63) is 44.8 Å². The molecular weight excluding hydrogens is 608 g/mol. The van der Waals surface area contributed by atoms with E-state index in [4.69, 9.17) is 27.9 Å². The highest BCUT2D eigenvalue weighted by molar-refractivity contribution is 7.98. The number of hydrogen-bond donors (Lipinski definition) is 2. The van der Waals surface area contributed by atoms with Gasteiger partial charge in [-0.05, 0) is 58.6 Å². The molecule has 1 atom stereocenters. The molecule has 1 unspecified atom stereocenters. The van der Waals surface area contributed by atoms with E-state index < -0.39 is 29.4 Å². The molecule has 2 N–H and O–H groups in total. The maximum absolute atomic E-state index is 14.2. The molecule has 3 aromatic rings. The Balaban J connectivity index is 0.000000333. The molecule has 0 saturated carbocycles. The number of aryl methyl sites for hydroxylation is 1. The van der Waals surface area contributed by atoms with Crippen LogP contribution in [0.15, 0.2) is 22.1 Å². The summed E-state index contributed by atoms with van der Waals surface area (Å²) in [5, 5.41) is 9.49. The average molecular weight is 640 g/mol. The van der Waals surface area contributed by atoms with E-state index in [9.17, 15) is 22.8 Å². The highest BCUT2D eigenvalue weighted by Gasteiger charge is 2.23. The summed E-state index contributed by atoms with van der Waals surface area (Å²) in [5.41, 5.74) is -1.37. The Hall–Kier alpha value is -3.04. The first-order chi connectivity index (χ1) is 19.3. The van der Waals surface area contributed by atoms with E-state index in [2.05, 4.69) is 44.5 Å². The summed E-state index contributed by atoms with van der Waals surface area (Å²) < 4.78 is 45.5. The van der Waals surface area contributed by atoms with Crippen molar-refractivity contribution in [3.8, 4) is 5.69 Å². The Morgan fingerprint density at radius 1 is 1.17 bits per heavy atom. The van der Waals surface area contributed by atoms with Crippen molar-refractivity contribution < 1.29 is 22.7 Å². The van der Waals surface area contributed by atoms with E-state index in [1.807, 2.05) is 13.2 Å². The van der Waals surface area contributed by atoms with Gasteiger partial charge in [0, 0.05) is 24.0 Å². The zero-order valence-electron chi connectivity index (χ0n) is 23.2. The van der Waals surface area contributed by atoms with Gasteiger partial charge >= 0.3 is 18.2 Å². The summed E-state index contributed by atoms with van der Waals surface area (Å²) in [6.07, 6.45) is 1.83. The van der Waals surface area contributed by atoms with Gasteiger partial charge in [0.25, 0.3) is 0 Å². The molecule has 1 aromatic carbocycles. The maximum atomic E-state index is 14.2. The van der Waals surface area contributed by atoms with E-state index in [0.717, 1.165) is 23.8 Å². The van der Waals surface area contributed by atoms with Gasteiger partial charge in [-0.25, -0.2) is 13.8 Å². The molecule has 11 nitrogen and oxygen atoms in total. The lowest BCUT2D eigenvalue weighted by Crippen LogP contribution is -2.25. The first-order valence-electron chi connectivity index (χ1n) is 12.4. The predicted molar refractivity (Wildman–Crippen MR) is 153 cm³/mol. The molecule has 0 spiro atoms. The number of benzene rings is 1. The van der Waals surface area contributed by atoms with Crippen LogP contribution >= 0.6 is 35.0 Å². The molecule has 0 saturated heterocycles. The molecule has 226 valence electrons. The zero-order valence-corrected chi connectivity index (χ0v) is 25.5. The number of alkyl halides is 3. The van der Waals surface area contributed by atoms with Crippen LogP contribution in [0.1, 0.15) is 45.6 Å². The topological polar surface area (TPSA) is 129 Å². The van der Waals surface area contributed by atoms with Gasteiger partial charge in [-0.15, -0.1) is 16.7 Å². The molecule has 0 amide bonds. The van der Waals surface area contributed by atoms with Gasteiger partial charge in [-0.1, -0.05) is 23.4 Å². The minimum Gasteiger partial charge on any atom is -0.465 e. The van der Waals surface area contributed by atoms with Crippen molar-refractivity contribution >= 4 is 52.8 Å². The standard InChI is InChI=1S/C15H14Cl2F3N3O3.C9H17N5S/c1-3-26-13(24)10(17)4-8-5-12(11(18)6-9(8)16)23-15(25)22(14(19)20)7(2)21-23;1-5-10-7-12-8(11-6(2)3)14-9(13-7)15-4/h5-6,10,14H,3-4H2,1-2H3;6H,5H2,1-4H3,(H2,10,11,12,13,14). The fourth-order valence-corrected chi connectivity index (χ4v) is 4.09. The second-order valence-corrected chi connectivity index (χ2v) is 10.2. The van der Waals surface area contributed by atoms with Crippen molar-refractivity contribution in [1.82, 2.24) is 29.3 Å². The number of halogens is 5. The summed E-state index contributed by atoms with van der Waals surface area (Å²) in [7, 11) is 0. The Kier molecular flexibility index (Phi) is 13.2. The minimum absolute atomic E-state index is 0.0424. The van der Waals surface area contributed by atoms with Gasteiger partial charge in [0.15, 0.2) is 11.0 Å². The molecule has 17 heteroatoms. The van der Waals surface area contributed by atoms with Crippen molar-refractivity contribution in [2.45, 2.75) is 64.2 Å². The summed E-state index contributed by atoms with van der Waals surface area (Å²) in [4.78, 5) is 36.5. The van der Waals surface area contributed by atoms with Gasteiger partial charge in [0.1, 0.15) is 16.9 Å². The fraction of sp³-hybridized carbons (Fsp3) is 0.500. The van der Waals surface area contributed by atoms with Crippen molar-refractivity contribution in [3.63, 3.8) is 0 Å². The Labute approximate surface area is 249 Å². The Morgan fingerprint density at radius 3 is 2.37 bits per heavy atom. The molecule has 0 aliphatic rings. The highest BCUT2D eigenvalue weighted by Crippen LogP contribution is 2.25. The molecule has 2 heterocycles. The van der Waals surface area contributed by atoms with Crippen LogP contribution in [0.5, 0.6) is 0 Å². The predicted octanol–water partition coefficient (Wildman–Crippen LogP) is 5.09. The summed E-state index contributed by atoms with van der Waals surface area (Å²) in [5.74, 6) is -0.670. The molecule has 0 radical (unpaired) electrons. The molecule has 41 heavy (non-hydrogen) atoms. The smallest absolute Gasteiger partial charge is 0.355 e. The maximum Gasteiger partial charge on any atom is 0.355 e. The lowest BCUT2D eigenvalue weighted by atomic mass is 10.1. The number of esters is 1. The van der Waals surface area contributed by atoms with Gasteiger partial charge in [-0.2, -0.15) is 28.4 Å². The van der Waals surface area contributed by atoms with Gasteiger partial charge < -0.3 is 15.4 Å². The number of nitrogens with zero attached hydrogens (tertiary/aromatic N) is 6. The van der Waals surface area contributed by atoms with Crippen LogP contribution in [0, 0.1) is 12.7 Å². The van der Waals surface area contributed by atoms with E-state index in [-0.39, 0.29) is 39.7 Å².